The molecule has 83 heavy (non-hydrogen) atoms. The minimum atomic E-state index is -0.654. The number of hydrogen-bond donors (Lipinski definition) is 1. The Morgan fingerprint density at radius 2 is 0.699 bits per heavy atom. The van der Waals surface area contributed by atoms with Gasteiger partial charge in [-0.05, 0) is 67.4 Å². The molecule has 8 rings (SSSR count). The Morgan fingerprint density at radius 1 is 0.361 bits per heavy atom. The minimum absolute atomic E-state index is 0.257. The summed E-state index contributed by atoms with van der Waals surface area (Å²) in [7, 11) is 9.59. The van der Waals surface area contributed by atoms with Crippen LogP contribution >= 0.6 is 0 Å². The second-order valence-corrected chi connectivity index (χ2v) is 15.0. The average molecular weight is 1140 g/mol. The lowest BCUT2D eigenvalue weighted by Crippen LogP contribution is -2.18. The maximum Gasteiger partial charge on any atom is 0.508 e. The van der Waals surface area contributed by atoms with Crippen molar-refractivity contribution in [2.45, 2.75) is 116 Å². The lowest BCUT2D eigenvalue weighted by molar-refractivity contribution is 0.0669. The summed E-state index contributed by atoms with van der Waals surface area (Å²) in [6.45, 7) is 26.6. The van der Waals surface area contributed by atoms with Crippen molar-refractivity contribution in [1.29, 1.82) is 0 Å². The molecule has 0 aliphatic rings. The van der Waals surface area contributed by atoms with Crippen molar-refractivity contribution in [1.82, 2.24) is 5.32 Å². The van der Waals surface area contributed by atoms with Crippen molar-refractivity contribution in [3.8, 4) is 11.1 Å². The van der Waals surface area contributed by atoms with E-state index in [1.165, 1.54) is 52.7 Å². The van der Waals surface area contributed by atoms with Crippen molar-refractivity contribution in [2.75, 3.05) is 42.6 Å². The normalized spacial score (nSPS) is 8.80. The van der Waals surface area contributed by atoms with Crippen molar-refractivity contribution in [3.05, 3.63) is 258 Å². The van der Waals surface area contributed by atoms with Gasteiger partial charge in [-0.1, -0.05) is 295 Å². The number of fused-ring (bicyclic) bond motifs is 1. The highest BCUT2D eigenvalue weighted by Crippen LogP contribution is 2.19. The molecule has 10 heteroatoms. The van der Waals surface area contributed by atoms with Crippen LogP contribution in [-0.2, 0) is 66.2 Å². The second-order valence-electron chi connectivity index (χ2n) is 15.0. The highest BCUT2D eigenvalue weighted by atomic mass is 16.7. The van der Waals surface area contributed by atoms with Crippen LogP contribution in [0.5, 0.6) is 0 Å². The maximum atomic E-state index is 10.7. The number of benzene rings is 8. The van der Waals surface area contributed by atoms with Gasteiger partial charge in [0.15, 0.2) is 0 Å². The van der Waals surface area contributed by atoms with E-state index >= 15 is 0 Å². The lowest BCUT2D eigenvalue weighted by Gasteiger charge is -2.03. The van der Waals surface area contributed by atoms with E-state index in [0.29, 0.717) is 26.4 Å². The first kappa shape index (κ1) is 81.5. The number of carbonyl (C=O) groups excluding carboxylic acids is 2. The van der Waals surface area contributed by atoms with Gasteiger partial charge in [-0.15, -0.1) is 0 Å². The standard InChI is InChI=1S/C14H14O.C12H12O.C9H11NO2.C9H10O3.C9H10O.C8H10O.6C2H6/c1-15-11-12-7-9-14(10-8-12)13-5-3-2-4-6-13;1-13-9-10-6-7-11-4-2-3-5-12(11)8-10;1-10-9(11)12-7-8-5-3-2-4-6-8;1-11-9(10)12-7-8-5-3-2-4-6-8;1-10-8-7-9-5-3-2-4-6-9;1-9-7-8-5-3-2-4-6-8;6*1-2/h2-10H,11H2,1H3;2-8H,9H2,1H3;2-6H,7H2,1H3,(H,10,11);2-6H,7H2,1H3;2-8H,1H3;2-6H,7H2,1H3;6*1-2H3/b;;;;8-7-;;;;;;;. The number of nitrogens with one attached hydrogen (secondary N) is 1. The molecular weight excluding hydrogens is 1030 g/mol. The quantitative estimate of drug-likeness (QED) is 0.0891. The lowest BCUT2D eigenvalue weighted by atomic mass is 10.0. The highest BCUT2D eigenvalue weighted by Gasteiger charge is 2.01. The molecule has 1 N–H and O–H groups in total. The van der Waals surface area contributed by atoms with Crippen molar-refractivity contribution < 1.29 is 42.7 Å². The monoisotopic (exact) mass is 1140 g/mol. The maximum absolute atomic E-state index is 10.7. The van der Waals surface area contributed by atoms with Gasteiger partial charge >= 0.3 is 12.2 Å². The molecule has 0 fully saturated rings. The van der Waals surface area contributed by atoms with E-state index < -0.39 is 12.2 Å². The van der Waals surface area contributed by atoms with Crippen LogP contribution in [0.3, 0.4) is 0 Å². The first-order valence-corrected chi connectivity index (χ1v) is 28.8. The molecule has 8 aromatic rings. The molecule has 0 heterocycles. The zero-order valence-electron chi connectivity index (χ0n) is 53.6. The largest absolute Gasteiger partial charge is 0.508 e. The van der Waals surface area contributed by atoms with Gasteiger partial charge < -0.3 is 38.5 Å². The summed E-state index contributed by atoms with van der Waals surface area (Å²) < 4.78 is 33.7. The molecule has 0 aromatic heterocycles. The summed E-state index contributed by atoms with van der Waals surface area (Å²) in [6, 6.07) is 72.7. The molecule has 0 radical (unpaired) electrons. The summed E-state index contributed by atoms with van der Waals surface area (Å²) in [6.07, 6.45) is 2.52. The minimum Gasteiger partial charge on any atom is -0.504 e. The zero-order chi connectivity index (χ0) is 63.0. The van der Waals surface area contributed by atoms with Gasteiger partial charge in [-0.3, -0.25) is 0 Å². The molecule has 0 atom stereocenters. The van der Waals surface area contributed by atoms with Gasteiger partial charge in [0.2, 0.25) is 0 Å². The zero-order valence-corrected chi connectivity index (χ0v) is 53.6. The molecular formula is C73H103NO9. The third-order valence-corrected chi connectivity index (χ3v) is 9.63. The molecule has 0 unspecified atom stereocenters. The SMILES string of the molecule is CC.CC.CC.CC.CC.CC.CNC(=O)OCc1ccccc1.CO/C=C\c1ccccc1.COC(=O)OCc1ccccc1.COCc1ccc(-c2ccccc2)cc1.COCc1ccc2ccccc2c1.COCc1ccccc1. The van der Waals surface area contributed by atoms with Crippen LogP contribution in [0.4, 0.5) is 9.59 Å². The number of hydrogen-bond acceptors (Lipinski definition) is 9. The Kier molecular flexibility index (Phi) is 62.0. The van der Waals surface area contributed by atoms with Crippen LogP contribution in [0.25, 0.3) is 28.0 Å². The number of amides is 1. The third-order valence-electron chi connectivity index (χ3n) is 9.63. The first-order valence-electron chi connectivity index (χ1n) is 28.8. The summed E-state index contributed by atoms with van der Waals surface area (Å²) in [5.74, 6) is 0. The number of carbonyl (C=O) groups is 2. The molecule has 0 spiro atoms. The molecule has 0 saturated heterocycles. The number of methoxy groups -OCH3 is 5. The fourth-order valence-corrected chi connectivity index (χ4v) is 6.11. The van der Waals surface area contributed by atoms with E-state index in [0.717, 1.165) is 16.7 Å². The van der Waals surface area contributed by atoms with Gasteiger partial charge in [-0.2, -0.15) is 0 Å². The molecule has 8 aromatic carbocycles. The molecule has 10 nitrogen and oxygen atoms in total. The van der Waals surface area contributed by atoms with E-state index in [9.17, 15) is 9.59 Å². The van der Waals surface area contributed by atoms with E-state index in [1.54, 1.807) is 34.7 Å². The Hall–Kier alpha value is -8.02. The Labute approximate surface area is 502 Å². The van der Waals surface area contributed by atoms with E-state index in [1.807, 2.05) is 217 Å². The van der Waals surface area contributed by atoms with Crippen LogP contribution < -0.4 is 5.32 Å². The molecule has 0 bridgehead atoms. The number of rotatable bonds is 13. The van der Waals surface area contributed by atoms with Crippen LogP contribution in [-0.4, -0.2) is 54.8 Å². The fourth-order valence-electron chi connectivity index (χ4n) is 6.11. The molecule has 0 saturated carbocycles. The van der Waals surface area contributed by atoms with Gasteiger partial charge in [0.1, 0.15) is 13.2 Å². The Morgan fingerprint density at radius 3 is 1.11 bits per heavy atom. The summed E-state index contributed by atoms with van der Waals surface area (Å²) in [4.78, 5) is 21.2. The Balaban J connectivity index is -0.000000437. The first-order chi connectivity index (χ1) is 40.8. The smallest absolute Gasteiger partial charge is 0.504 e. The van der Waals surface area contributed by atoms with Crippen LogP contribution in [0.15, 0.2) is 225 Å². The summed E-state index contributed by atoms with van der Waals surface area (Å²) >= 11 is 0. The van der Waals surface area contributed by atoms with E-state index in [-0.39, 0.29) is 6.61 Å². The van der Waals surface area contributed by atoms with Crippen molar-refractivity contribution >= 4 is 29.1 Å². The van der Waals surface area contributed by atoms with Gasteiger partial charge in [0, 0.05) is 28.4 Å². The van der Waals surface area contributed by atoms with Gasteiger partial charge in [0.25, 0.3) is 0 Å². The van der Waals surface area contributed by atoms with E-state index in [2.05, 4.69) is 101 Å². The summed E-state index contributed by atoms with van der Waals surface area (Å²) in [5.41, 5.74) is 9.24. The number of alkyl carbamates (subject to hydrolysis) is 1. The highest BCUT2D eigenvalue weighted by molar-refractivity contribution is 5.83. The topological polar surface area (TPSA) is 111 Å². The molecule has 0 aliphatic heterocycles. The second kappa shape index (κ2) is 63.2. The predicted octanol–water partition coefficient (Wildman–Crippen LogP) is 20.3. The predicted molar refractivity (Wildman–Crippen MR) is 354 cm³/mol. The Bertz CT molecular complexity index is 2540. The van der Waals surface area contributed by atoms with Crippen molar-refractivity contribution in [2.24, 2.45) is 0 Å². The fraction of sp³-hybridized carbons (Fsp3) is 0.315. The average Bonchev–Trinajstić information content (AvgIpc) is 3.61. The summed E-state index contributed by atoms with van der Waals surface area (Å²) in [5, 5.41) is 4.93. The van der Waals surface area contributed by atoms with Crippen LogP contribution in [0, 0.1) is 0 Å². The van der Waals surface area contributed by atoms with Crippen molar-refractivity contribution in [3.63, 3.8) is 0 Å². The van der Waals surface area contributed by atoms with E-state index in [4.69, 9.17) is 28.4 Å². The molecule has 0 aliphatic carbocycles. The number of ether oxygens (including phenoxy) is 7. The van der Waals surface area contributed by atoms with Crippen LogP contribution in [0.2, 0.25) is 0 Å². The van der Waals surface area contributed by atoms with Gasteiger partial charge in [0.05, 0.1) is 40.3 Å². The molecule has 454 valence electrons. The molecule has 1 amide bonds. The van der Waals surface area contributed by atoms with Crippen LogP contribution in [0.1, 0.15) is 116 Å². The third kappa shape index (κ3) is 44.3. The van der Waals surface area contributed by atoms with Gasteiger partial charge in [-0.25, -0.2) is 9.59 Å².